The summed E-state index contributed by atoms with van der Waals surface area (Å²) in [5.74, 6) is -0.231. The quantitative estimate of drug-likeness (QED) is 0.0204. The molecule has 2 aliphatic rings. The molecule has 1 amide bonds. The van der Waals surface area contributed by atoms with E-state index < -0.39 is 86.8 Å². The molecule has 14 nitrogen and oxygen atoms in total. The minimum Gasteiger partial charge on any atom is -0.394 e. The van der Waals surface area contributed by atoms with Gasteiger partial charge in [-0.05, 0) is 19.3 Å². The van der Waals surface area contributed by atoms with Gasteiger partial charge in [0.05, 0.1) is 32.0 Å². The van der Waals surface area contributed by atoms with Crippen molar-refractivity contribution in [1.82, 2.24) is 5.32 Å². The Hall–Kier alpha value is -1.27. The van der Waals surface area contributed by atoms with E-state index in [-0.39, 0.29) is 18.9 Å². The number of hydrogen-bond donors (Lipinski definition) is 9. The highest BCUT2D eigenvalue weighted by Crippen LogP contribution is 2.30. The maximum atomic E-state index is 13.3. The number of amides is 1. The minimum absolute atomic E-state index is 0.231. The van der Waals surface area contributed by atoms with Crippen molar-refractivity contribution < 1.29 is 64.6 Å². The molecule has 2 fully saturated rings. The number of nitrogens with one attached hydrogen (secondary N) is 1. The Morgan fingerprint density at radius 3 is 1.05 bits per heavy atom. The number of carbonyl (C=O) groups is 1. The summed E-state index contributed by atoms with van der Waals surface area (Å²) in [6.45, 7) is 2.84. The normalized spacial score (nSPS) is 23.1. The molecule has 522 valence electrons. The Bertz CT molecular complexity index is 1520. The van der Waals surface area contributed by atoms with Gasteiger partial charge < -0.3 is 65.1 Å². The first kappa shape index (κ1) is 82.8. The molecule has 9 N–H and O–H groups in total. The van der Waals surface area contributed by atoms with Gasteiger partial charge >= 0.3 is 0 Å². The van der Waals surface area contributed by atoms with Crippen molar-refractivity contribution in [1.29, 1.82) is 0 Å². The number of carbonyl (C=O) groups excluding carboxylic acids is 1. The van der Waals surface area contributed by atoms with Crippen LogP contribution in [0.25, 0.3) is 0 Å². The van der Waals surface area contributed by atoms with Crippen molar-refractivity contribution in [2.45, 2.75) is 434 Å². The Morgan fingerprint density at radius 1 is 0.398 bits per heavy atom. The van der Waals surface area contributed by atoms with Crippen molar-refractivity contribution in [2.24, 2.45) is 0 Å². The van der Waals surface area contributed by atoms with E-state index in [0.29, 0.717) is 6.42 Å². The van der Waals surface area contributed by atoms with E-state index in [1.165, 1.54) is 295 Å². The fourth-order valence-electron chi connectivity index (χ4n) is 12.9. The largest absolute Gasteiger partial charge is 0.394 e. The Labute approximate surface area is 539 Å². The van der Waals surface area contributed by atoms with E-state index in [4.69, 9.17) is 18.9 Å². The van der Waals surface area contributed by atoms with Crippen LogP contribution in [0, 0.1) is 0 Å². The fraction of sp³-hybridized carbons (Fsp3) is 0.959. The highest BCUT2D eigenvalue weighted by molar-refractivity contribution is 5.76. The topological polar surface area (TPSA) is 228 Å². The second-order valence-electron chi connectivity index (χ2n) is 27.1. The molecule has 0 aromatic carbocycles. The van der Waals surface area contributed by atoms with Gasteiger partial charge in [-0.25, -0.2) is 0 Å². The Kier molecular flexibility index (Phi) is 56.0. The zero-order valence-electron chi connectivity index (χ0n) is 57.0. The van der Waals surface area contributed by atoms with Crippen LogP contribution in [-0.4, -0.2) is 140 Å². The molecule has 2 aliphatic heterocycles. The highest BCUT2D eigenvalue weighted by atomic mass is 16.7. The molecule has 0 aliphatic carbocycles. The van der Waals surface area contributed by atoms with E-state index in [2.05, 4.69) is 19.2 Å². The number of allylic oxidation sites excluding steroid dienone is 1. The summed E-state index contributed by atoms with van der Waals surface area (Å²) in [6.07, 6.45) is 57.5. The molecule has 14 heteroatoms. The first-order valence-corrected chi connectivity index (χ1v) is 37.9. The van der Waals surface area contributed by atoms with Gasteiger partial charge in [-0.2, -0.15) is 0 Å². The molecule has 0 spiro atoms. The zero-order chi connectivity index (χ0) is 63.8. The molecule has 2 saturated heterocycles. The lowest BCUT2D eigenvalue weighted by Crippen LogP contribution is -2.65. The summed E-state index contributed by atoms with van der Waals surface area (Å²) in [7, 11) is 0. The van der Waals surface area contributed by atoms with Gasteiger partial charge in [-0.15, -0.1) is 0 Å². The predicted octanol–water partition coefficient (Wildman–Crippen LogP) is 16.1. The Balaban J connectivity index is 1.52. The monoisotopic (exact) mass is 1250 g/mol. The van der Waals surface area contributed by atoms with E-state index in [1.54, 1.807) is 6.08 Å². The number of rotatable bonds is 64. The number of unbranched alkanes of at least 4 members (excludes halogenated alkanes) is 51. The van der Waals surface area contributed by atoms with Crippen LogP contribution in [0.4, 0.5) is 0 Å². The maximum Gasteiger partial charge on any atom is 0.220 e. The van der Waals surface area contributed by atoms with Gasteiger partial charge in [0.15, 0.2) is 12.6 Å². The molecule has 0 aromatic heterocycles. The van der Waals surface area contributed by atoms with Crippen molar-refractivity contribution in [3.63, 3.8) is 0 Å². The molecule has 2 rings (SSSR count). The summed E-state index contributed by atoms with van der Waals surface area (Å²) in [5.41, 5.74) is 0. The molecule has 12 unspecified atom stereocenters. The number of aliphatic hydroxyl groups is 8. The van der Waals surface area contributed by atoms with Crippen LogP contribution in [0.3, 0.4) is 0 Å². The second-order valence-corrected chi connectivity index (χ2v) is 27.1. The standard InChI is InChI=1S/C74H143NO13/c1-3-5-7-9-11-13-15-17-19-20-21-22-23-24-25-26-27-28-29-30-31-32-33-34-35-36-37-38-39-40-41-42-43-44-46-48-50-52-54-56-58-66(79)75-62(63(78)57-55-53-51-49-47-45-18-16-14-12-10-8-6-4-2)61-85-73-71(84)69(82)72(65(60-77)87-73)88-74-70(83)68(81)67(80)64(59-76)86-74/h55,57,62-65,67-74,76-78,80-84H,3-54,56,58-61H2,1-2H3,(H,75,79)/b57-55+. The summed E-state index contributed by atoms with van der Waals surface area (Å²) >= 11 is 0. The minimum atomic E-state index is -1.79. The van der Waals surface area contributed by atoms with Crippen molar-refractivity contribution >= 4 is 5.91 Å². The number of aliphatic hydroxyl groups excluding tert-OH is 8. The van der Waals surface area contributed by atoms with Crippen LogP contribution in [0.5, 0.6) is 0 Å². The van der Waals surface area contributed by atoms with Crippen LogP contribution in [-0.2, 0) is 23.7 Å². The number of hydrogen-bond acceptors (Lipinski definition) is 13. The first-order chi connectivity index (χ1) is 43.1. The van der Waals surface area contributed by atoms with Gasteiger partial charge in [-0.1, -0.05) is 347 Å². The lowest BCUT2D eigenvalue weighted by molar-refractivity contribution is -0.359. The van der Waals surface area contributed by atoms with E-state index in [1.807, 2.05) is 6.08 Å². The summed E-state index contributed by atoms with van der Waals surface area (Å²) in [4.78, 5) is 13.3. The van der Waals surface area contributed by atoms with Gasteiger partial charge in [-0.3, -0.25) is 4.79 Å². The van der Waals surface area contributed by atoms with Crippen LogP contribution < -0.4 is 5.32 Å². The van der Waals surface area contributed by atoms with E-state index >= 15 is 0 Å². The smallest absolute Gasteiger partial charge is 0.220 e. The Morgan fingerprint density at radius 2 is 0.705 bits per heavy atom. The molecule has 0 saturated carbocycles. The van der Waals surface area contributed by atoms with Crippen LogP contribution >= 0.6 is 0 Å². The van der Waals surface area contributed by atoms with Crippen molar-refractivity contribution in [2.75, 3.05) is 19.8 Å². The molecular formula is C74H143NO13. The summed E-state index contributed by atoms with van der Waals surface area (Å²) in [6, 6.07) is -0.910. The van der Waals surface area contributed by atoms with Crippen molar-refractivity contribution in [3.8, 4) is 0 Å². The zero-order valence-corrected chi connectivity index (χ0v) is 57.0. The summed E-state index contributed by atoms with van der Waals surface area (Å²) < 4.78 is 22.8. The molecule has 2 heterocycles. The van der Waals surface area contributed by atoms with Gasteiger partial charge in [0.25, 0.3) is 0 Å². The van der Waals surface area contributed by atoms with Gasteiger partial charge in [0.1, 0.15) is 48.8 Å². The molecule has 0 aromatic rings. The number of ether oxygens (including phenoxy) is 4. The third-order valence-electron chi connectivity index (χ3n) is 19.0. The SMILES string of the molecule is CCCCCCCCCCCCCC/C=C/C(O)C(COC1OC(CO)C(OC2OC(CO)C(O)C(O)C2O)C(O)C1O)NC(=O)CCCCCCCCCCCCCCCCCCCCCCCCCCCCCCCCCCCCCCCCCC. The van der Waals surface area contributed by atoms with E-state index in [9.17, 15) is 45.6 Å². The average Bonchev–Trinajstić information content (AvgIpc) is 3.59. The molecule has 12 atom stereocenters. The first-order valence-electron chi connectivity index (χ1n) is 37.9. The van der Waals surface area contributed by atoms with Gasteiger partial charge in [0.2, 0.25) is 5.91 Å². The molecule has 0 radical (unpaired) electrons. The van der Waals surface area contributed by atoms with E-state index in [0.717, 1.165) is 38.5 Å². The average molecular weight is 1250 g/mol. The lowest BCUT2D eigenvalue weighted by Gasteiger charge is -2.46. The maximum absolute atomic E-state index is 13.3. The third kappa shape index (κ3) is 42.9. The predicted molar refractivity (Wildman–Crippen MR) is 360 cm³/mol. The molecule has 0 bridgehead atoms. The highest BCUT2D eigenvalue weighted by Gasteiger charge is 2.51. The third-order valence-corrected chi connectivity index (χ3v) is 19.0. The molecular weight excluding hydrogens is 1110 g/mol. The molecule has 88 heavy (non-hydrogen) atoms. The second kappa shape index (κ2) is 59.5. The fourth-order valence-corrected chi connectivity index (χ4v) is 12.9. The summed E-state index contributed by atoms with van der Waals surface area (Å²) in [5, 5.41) is 87.3. The van der Waals surface area contributed by atoms with Crippen LogP contribution in [0.15, 0.2) is 12.2 Å². The van der Waals surface area contributed by atoms with Crippen LogP contribution in [0.2, 0.25) is 0 Å². The van der Waals surface area contributed by atoms with Crippen LogP contribution in [0.1, 0.15) is 361 Å². The lowest BCUT2D eigenvalue weighted by atomic mass is 9.97. The van der Waals surface area contributed by atoms with Crippen molar-refractivity contribution in [3.05, 3.63) is 12.2 Å². The van der Waals surface area contributed by atoms with Gasteiger partial charge in [0, 0.05) is 6.42 Å².